The molecule has 2 heterocycles. The number of hydrogen-bond donors (Lipinski definition) is 0. The molecule has 0 N–H and O–H groups in total. The van der Waals surface area contributed by atoms with Crippen molar-refractivity contribution in [1.29, 1.82) is 0 Å². The maximum Gasteiger partial charge on any atom is 0.453 e. The van der Waals surface area contributed by atoms with E-state index in [0.29, 0.717) is 53.9 Å². The maximum absolute atomic E-state index is 7.40. The molecule has 12 heteroatoms. The van der Waals surface area contributed by atoms with E-state index in [4.69, 9.17) is 72.2 Å². The summed E-state index contributed by atoms with van der Waals surface area (Å²) in [6.45, 7) is 31.1. The van der Waals surface area contributed by atoms with E-state index >= 15 is 0 Å². The smallest absolute Gasteiger partial charge is 0.390 e. The van der Waals surface area contributed by atoms with Crippen molar-refractivity contribution in [2.24, 2.45) is 0 Å². The van der Waals surface area contributed by atoms with Gasteiger partial charge in [-0.2, -0.15) is 0 Å². The van der Waals surface area contributed by atoms with Gasteiger partial charge in [-0.05, 0) is 131 Å². The molecule has 0 spiro atoms. The van der Waals surface area contributed by atoms with E-state index in [1.165, 1.54) is 11.1 Å². The number of benzene rings is 6. The molecule has 0 bridgehead atoms. The van der Waals surface area contributed by atoms with Gasteiger partial charge in [0.2, 0.25) is 0 Å². The van der Waals surface area contributed by atoms with Gasteiger partial charge in [-0.25, -0.2) is 0 Å². The quantitative estimate of drug-likeness (QED) is 0.171. The summed E-state index contributed by atoms with van der Waals surface area (Å²) in [7, 11) is -4.29. The molecule has 0 radical (unpaired) electrons. The molecule has 0 aliphatic heterocycles. The Morgan fingerprint density at radius 1 is 0.364 bits per heavy atom. The molecule has 346 valence electrons. The monoisotopic (exact) mass is 1000 g/mol. The predicted molar refractivity (Wildman–Crippen MR) is 281 cm³/mol. The van der Waals surface area contributed by atoms with Crippen LogP contribution in [0.5, 0.6) is 11.5 Å². The standard InChI is InChI=1S/C54H56Cl4O6P2/c1-29-39(51(3,4)5)27-41(53(9,10)11)49(63-65-59-43-19-15-31(55)23-35(43)36-24-32(56)16-20-44(36)60-65)47(29)48-30(2)40(52(6,7)8)28-42(54(12,13)14)50(48)64-66-61-45-21-17-33(57)25-37(45)38-26-34(58)18-22-46(38)62-66/h15-28H,1-14H3. The van der Waals surface area contributed by atoms with E-state index < -0.39 is 27.3 Å². The summed E-state index contributed by atoms with van der Waals surface area (Å²) < 4.78 is 42.0. The summed E-state index contributed by atoms with van der Waals surface area (Å²) >= 11 is 26.4. The first-order valence-corrected chi connectivity index (χ1v) is 25.6. The van der Waals surface area contributed by atoms with Gasteiger partial charge in [0.05, 0.1) is 0 Å². The fraction of sp³-hybridized carbons (Fsp3) is 0.333. The Morgan fingerprint density at radius 2 is 0.606 bits per heavy atom. The fourth-order valence-corrected chi connectivity index (χ4v) is 11.6. The summed E-state index contributed by atoms with van der Waals surface area (Å²) in [5.74, 6) is 1.25. The molecule has 6 aromatic carbocycles. The first-order chi connectivity index (χ1) is 30.7. The molecule has 0 amide bonds. The van der Waals surface area contributed by atoms with E-state index in [-0.39, 0.29) is 10.8 Å². The van der Waals surface area contributed by atoms with Crippen LogP contribution < -0.4 is 9.05 Å². The summed E-state index contributed by atoms with van der Waals surface area (Å²) in [4.78, 5) is 0. The van der Waals surface area contributed by atoms with Crippen LogP contribution in [0.4, 0.5) is 0 Å². The van der Waals surface area contributed by atoms with Crippen molar-refractivity contribution in [3.63, 3.8) is 0 Å². The largest absolute Gasteiger partial charge is 0.453 e. The minimum atomic E-state index is -2.14. The topological polar surface area (TPSA) is 71.0 Å². The molecule has 2 aromatic heterocycles. The van der Waals surface area contributed by atoms with E-state index in [1.807, 2.05) is 48.5 Å². The van der Waals surface area contributed by atoms with Crippen molar-refractivity contribution in [2.75, 3.05) is 0 Å². The molecule has 0 saturated heterocycles. The summed E-state index contributed by atoms with van der Waals surface area (Å²) in [6.07, 6.45) is 0. The Hall–Kier alpha value is -4.12. The maximum atomic E-state index is 7.40. The predicted octanol–water partition coefficient (Wildman–Crippen LogP) is 20.7. The Kier molecular flexibility index (Phi) is 12.8. The Bertz CT molecular complexity index is 2970. The van der Waals surface area contributed by atoms with Crippen LogP contribution in [0, 0.1) is 13.8 Å². The lowest BCUT2D eigenvalue weighted by atomic mass is 9.72. The average Bonchev–Trinajstić information content (AvgIpc) is 3.43. The molecule has 8 aromatic rings. The van der Waals surface area contributed by atoms with Crippen LogP contribution in [-0.4, -0.2) is 0 Å². The highest BCUT2D eigenvalue weighted by atomic mass is 35.5. The van der Waals surface area contributed by atoms with Crippen LogP contribution >= 0.6 is 62.9 Å². The van der Waals surface area contributed by atoms with Crippen molar-refractivity contribution in [3.8, 4) is 22.6 Å². The molecule has 0 atom stereocenters. The van der Waals surface area contributed by atoms with Gasteiger partial charge in [-0.15, -0.1) is 0 Å². The first kappa shape index (κ1) is 48.3. The molecular formula is C54H56Cl4O6P2. The molecule has 0 fully saturated rings. The zero-order valence-electron chi connectivity index (χ0n) is 39.9. The number of halogens is 4. The van der Waals surface area contributed by atoms with Crippen molar-refractivity contribution in [1.82, 2.24) is 0 Å². The first-order valence-electron chi connectivity index (χ1n) is 21.9. The third-order valence-electron chi connectivity index (χ3n) is 11.9. The normalized spacial score (nSPS) is 12.7. The summed E-state index contributed by atoms with van der Waals surface area (Å²) in [5.41, 5.74) is 8.94. The third kappa shape index (κ3) is 9.49. The van der Waals surface area contributed by atoms with Gasteiger partial charge in [0.25, 0.3) is 0 Å². The molecular weight excluding hydrogens is 948 g/mol. The van der Waals surface area contributed by atoms with E-state index in [0.717, 1.165) is 54.9 Å². The molecule has 0 unspecified atom stereocenters. The van der Waals surface area contributed by atoms with E-state index in [2.05, 4.69) is 109 Å². The number of fused-ring (bicyclic) bond motifs is 6. The van der Waals surface area contributed by atoms with Crippen LogP contribution in [0.15, 0.2) is 102 Å². The highest BCUT2D eigenvalue weighted by Crippen LogP contribution is 2.56. The van der Waals surface area contributed by atoms with E-state index in [9.17, 15) is 0 Å². The lowest BCUT2D eigenvalue weighted by molar-refractivity contribution is 0.470. The van der Waals surface area contributed by atoms with Gasteiger partial charge < -0.3 is 25.8 Å². The molecule has 66 heavy (non-hydrogen) atoms. The number of hydrogen-bond acceptors (Lipinski definition) is 6. The molecule has 0 aliphatic carbocycles. The van der Waals surface area contributed by atoms with Crippen molar-refractivity contribution in [3.05, 3.63) is 138 Å². The van der Waals surface area contributed by atoms with Crippen molar-refractivity contribution < 1.29 is 25.8 Å². The van der Waals surface area contributed by atoms with Crippen LogP contribution in [0.3, 0.4) is 0 Å². The van der Waals surface area contributed by atoms with Gasteiger partial charge in [0.15, 0.2) is 0 Å². The highest BCUT2D eigenvalue weighted by molar-refractivity contribution is 7.32. The minimum Gasteiger partial charge on any atom is -0.390 e. The number of rotatable bonds is 5. The second-order valence-electron chi connectivity index (χ2n) is 21.2. The van der Waals surface area contributed by atoms with Gasteiger partial charge in [-0.1, -0.05) is 142 Å². The van der Waals surface area contributed by atoms with Crippen molar-refractivity contribution >= 4 is 107 Å². The Morgan fingerprint density at radius 3 is 0.833 bits per heavy atom. The second-order valence-corrected chi connectivity index (χ2v) is 24.9. The van der Waals surface area contributed by atoms with Crippen molar-refractivity contribution in [2.45, 2.75) is 119 Å². The lowest BCUT2D eigenvalue weighted by Gasteiger charge is -2.34. The zero-order chi connectivity index (χ0) is 48.0. The molecule has 8 rings (SSSR count). The molecule has 0 saturated carbocycles. The van der Waals surface area contributed by atoms with E-state index in [1.54, 1.807) is 24.3 Å². The third-order valence-corrected chi connectivity index (χ3v) is 14.9. The van der Waals surface area contributed by atoms with Gasteiger partial charge in [-0.3, -0.25) is 0 Å². The molecule has 6 nitrogen and oxygen atoms in total. The van der Waals surface area contributed by atoms with Crippen LogP contribution in [0.1, 0.15) is 116 Å². The minimum absolute atomic E-state index is 0.272. The fourth-order valence-electron chi connectivity index (χ4n) is 8.73. The van der Waals surface area contributed by atoms with Gasteiger partial charge >= 0.3 is 16.5 Å². The summed E-state index contributed by atoms with van der Waals surface area (Å²) in [5, 5.41) is 5.23. The van der Waals surface area contributed by atoms with Gasteiger partial charge in [0.1, 0.15) is 33.8 Å². The summed E-state index contributed by atoms with van der Waals surface area (Å²) in [6, 6.07) is 26.6. The average molecular weight is 1000 g/mol. The second kappa shape index (κ2) is 17.4. The Labute approximate surface area is 409 Å². The highest BCUT2D eigenvalue weighted by Gasteiger charge is 2.37. The SMILES string of the molecule is Cc1c(C(C)(C)C)cc(C(C)(C)C)c(Op2oc3ccc(Cl)cc3c3cc(Cl)ccc3o2)c1-c1c(C)c(C(C)(C)C)cc(C(C)(C)C)c1Op1oc2ccc(Cl)cc2c2cc(Cl)ccc2o1. The van der Waals surface area contributed by atoms with Gasteiger partial charge in [0, 0.05) is 63.9 Å². The lowest BCUT2D eigenvalue weighted by Crippen LogP contribution is -2.22. The van der Waals surface area contributed by atoms with Crippen LogP contribution in [-0.2, 0) is 21.7 Å². The van der Waals surface area contributed by atoms with Crippen LogP contribution in [0.2, 0.25) is 20.1 Å². The molecule has 0 aliphatic rings. The van der Waals surface area contributed by atoms with Crippen LogP contribution in [0.25, 0.3) is 55.0 Å². The Balaban J connectivity index is 1.55. The zero-order valence-corrected chi connectivity index (χ0v) is 44.8.